The van der Waals surface area contributed by atoms with Crippen molar-refractivity contribution in [3.63, 3.8) is 0 Å². The Labute approximate surface area is 160 Å². The van der Waals surface area contributed by atoms with E-state index in [1.807, 2.05) is 15.6 Å². The van der Waals surface area contributed by atoms with Crippen molar-refractivity contribution in [1.29, 1.82) is 0 Å². The summed E-state index contributed by atoms with van der Waals surface area (Å²) in [5, 5.41) is 7.46. The van der Waals surface area contributed by atoms with E-state index in [0.717, 1.165) is 51.0 Å². The Kier molecular flexibility index (Phi) is 5.76. The second kappa shape index (κ2) is 8.42. The number of carbonyl (C=O) groups is 2. The fraction of sp³-hybridized carbons (Fsp3) is 0.750. The average molecular weight is 374 g/mol. The van der Waals surface area contributed by atoms with Crippen LogP contribution < -0.4 is 5.32 Å². The fourth-order valence-corrected chi connectivity index (χ4v) is 4.61. The number of nitrogens with one attached hydrogen (secondary N) is 1. The second-order valence-corrected chi connectivity index (χ2v) is 8.10. The van der Waals surface area contributed by atoms with Crippen molar-refractivity contribution in [1.82, 2.24) is 14.7 Å². The molecule has 148 valence electrons. The number of hydrogen-bond donors (Lipinski definition) is 1. The smallest absolute Gasteiger partial charge is 0.231 e. The number of rotatable bonds is 4. The van der Waals surface area contributed by atoms with Gasteiger partial charge in [-0.25, -0.2) is 4.68 Å². The van der Waals surface area contributed by atoms with E-state index in [4.69, 9.17) is 4.74 Å². The molecule has 4 rings (SSSR count). The van der Waals surface area contributed by atoms with Crippen LogP contribution in [0, 0.1) is 11.8 Å². The van der Waals surface area contributed by atoms with Crippen LogP contribution in [0.15, 0.2) is 12.3 Å². The van der Waals surface area contributed by atoms with Crippen LogP contribution in [0.3, 0.4) is 0 Å². The summed E-state index contributed by atoms with van der Waals surface area (Å²) in [5.41, 5.74) is 0. The molecule has 1 aliphatic carbocycles. The van der Waals surface area contributed by atoms with E-state index in [1.165, 1.54) is 19.3 Å². The van der Waals surface area contributed by atoms with E-state index in [1.54, 1.807) is 6.20 Å². The first-order valence-electron chi connectivity index (χ1n) is 10.4. The topological polar surface area (TPSA) is 76.5 Å². The molecule has 1 saturated carbocycles. The minimum atomic E-state index is -0.0664. The van der Waals surface area contributed by atoms with Crippen LogP contribution in [0.25, 0.3) is 0 Å². The van der Waals surface area contributed by atoms with Crippen LogP contribution in [0.5, 0.6) is 0 Å². The summed E-state index contributed by atoms with van der Waals surface area (Å²) in [6.07, 6.45) is 10.0. The maximum absolute atomic E-state index is 12.7. The minimum Gasteiger partial charge on any atom is -0.381 e. The lowest BCUT2D eigenvalue weighted by molar-refractivity contribution is -0.137. The first kappa shape index (κ1) is 18.5. The molecule has 3 heterocycles. The summed E-state index contributed by atoms with van der Waals surface area (Å²) in [7, 11) is 0. The lowest BCUT2D eigenvalue weighted by atomic mass is 9.87. The third-order valence-corrected chi connectivity index (χ3v) is 6.30. The molecule has 0 unspecified atom stereocenters. The largest absolute Gasteiger partial charge is 0.381 e. The molecule has 1 N–H and O–H groups in total. The monoisotopic (exact) mass is 374 g/mol. The molecule has 3 fully saturated rings. The number of likely N-dealkylation sites (tertiary alicyclic amines) is 1. The van der Waals surface area contributed by atoms with Crippen molar-refractivity contribution in [2.75, 3.05) is 31.6 Å². The molecule has 1 aromatic rings. The van der Waals surface area contributed by atoms with Gasteiger partial charge in [-0.3, -0.25) is 9.59 Å². The molecular weight excluding hydrogens is 344 g/mol. The highest BCUT2D eigenvalue weighted by molar-refractivity contribution is 5.92. The third kappa shape index (κ3) is 4.18. The Balaban J connectivity index is 1.32. The van der Waals surface area contributed by atoms with Crippen molar-refractivity contribution in [2.24, 2.45) is 11.8 Å². The molecule has 27 heavy (non-hydrogen) atoms. The van der Waals surface area contributed by atoms with Gasteiger partial charge in [0.2, 0.25) is 11.8 Å². The molecular formula is C20H30N4O3. The molecule has 2 amide bonds. The average Bonchev–Trinajstić information content (AvgIpc) is 3.40. The zero-order valence-corrected chi connectivity index (χ0v) is 15.9. The fourth-order valence-electron chi connectivity index (χ4n) is 4.61. The molecule has 7 heteroatoms. The van der Waals surface area contributed by atoms with E-state index in [0.29, 0.717) is 19.1 Å². The van der Waals surface area contributed by atoms with Crippen molar-refractivity contribution < 1.29 is 14.3 Å². The Morgan fingerprint density at radius 2 is 1.81 bits per heavy atom. The van der Waals surface area contributed by atoms with Crippen molar-refractivity contribution >= 4 is 17.6 Å². The predicted molar refractivity (Wildman–Crippen MR) is 101 cm³/mol. The van der Waals surface area contributed by atoms with Gasteiger partial charge in [-0.2, -0.15) is 5.10 Å². The lowest BCUT2D eigenvalue weighted by Gasteiger charge is -2.35. The predicted octanol–water partition coefficient (Wildman–Crippen LogP) is 2.60. The van der Waals surface area contributed by atoms with Gasteiger partial charge in [0.15, 0.2) is 0 Å². The zero-order valence-electron chi connectivity index (χ0n) is 15.9. The van der Waals surface area contributed by atoms with E-state index < -0.39 is 0 Å². The summed E-state index contributed by atoms with van der Waals surface area (Å²) in [4.78, 5) is 27.2. The summed E-state index contributed by atoms with van der Waals surface area (Å²) in [6.45, 7) is 2.72. The van der Waals surface area contributed by atoms with Crippen molar-refractivity contribution in [3.05, 3.63) is 12.3 Å². The highest BCUT2D eigenvalue weighted by Crippen LogP contribution is 2.30. The quantitative estimate of drug-likeness (QED) is 0.879. The SMILES string of the molecule is O=C(Nc1ccnn1C1CCN(C(=O)C2CCCCC2)CC1)[C@H]1CCOC1. The summed E-state index contributed by atoms with van der Waals surface area (Å²) in [5.74, 6) is 1.29. The number of piperidine rings is 1. The molecule has 3 aliphatic rings. The molecule has 0 bridgehead atoms. The number of aromatic nitrogens is 2. The van der Waals surface area contributed by atoms with Gasteiger partial charge in [0, 0.05) is 31.7 Å². The van der Waals surface area contributed by atoms with Gasteiger partial charge in [0.25, 0.3) is 0 Å². The summed E-state index contributed by atoms with van der Waals surface area (Å²) < 4.78 is 7.23. The Morgan fingerprint density at radius 1 is 1.04 bits per heavy atom. The molecule has 1 atom stereocenters. The van der Waals surface area contributed by atoms with E-state index in [9.17, 15) is 9.59 Å². The van der Waals surface area contributed by atoms with Crippen LogP contribution >= 0.6 is 0 Å². The van der Waals surface area contributed by atoms with Crippen LogP contribution in [-0.2, 0) is 14.3 Å². The van der Waals surface area contributed by atoms with Gasteiger partial charge in [-0.05, 0) is 32.1 Å². The third-order valence-electron chi connectivity index (χ3n) is 6.30. The molecule has 7 nitrogen and oxygen atoms in total. The molecule has 2 aliphatic heterocycles. The first-order valence-corrected chi connectivity index (χ1v) is 10.4. The van der Waals surface area contributed by atoms with Gasteiger partial charge < -0.3 is 15.0 Å². The van der Waals surface area contributed by atoms with Gasteiger partial charge in [-0.1, -0.05) is 19.3 Å². The molecule has 0 spiro atoms. The number of ether oxygens (including phenoxy) is 1. The lowest BCUT2D eigenvalue weighted by Crippen LogP contribution is -2.43. The normalized spacial score (nSPS) is 24.9. The second-order valence-electron chi connectivity index (χ2n) is 8.10. The Bertz CT molecular complexity index is 654. The zero-order chi connectivity index (χ0) is 18.6. The number of anilines is 1. The van der Waals surface area contributed by atoms with Gasteiger partial charge in [0.05, 0.1) is 24.8 Å². The Hall–Kier alpha value is -1.89. The summed E-state index contributed by atoms with van der Waals surface area (Å²) >= 11 is 0. The molecule has 1 aromatic heterocycles. The van der Waals surface area contributed by atoms with Gasteiger partial charge in [0.1, 0.15) is 5.82 Å². The van der Waals surface area contributed by atoms with E-state index >= 15 is 0 Å². The van der Waals surface area contributed by atoms with Crippen LogP contribution in [0.1, 0.15) is 57.4 Å². The number of amides is 2. The highest BCUT2D eigenvalue weighted by atomic mass is 16.5. The van der Waals surface area contributed by atoms with Crippen LogP contribution in [0.4, 0.5) is 5.82 Å². The van der Waals surface area contributed by atoms with Gasteiger partial charge >= 0.3 is 0 Å². The summed E-state index contributed by atoms with van der Waals surface area (Å²) in [6, 6.07) is 2.08. The van der Waals surface area contributed by atoms with Crippen LogP contribution in [0.2, 0.25) is 0 Å². The molecule has 0 aromatic carbocycles. The Morgan fingerprint density at radius 3 is 2.52 bits per heavy atom. The standard InChI is InChI=1S/C20H30N4O3/c25-19(16-9-13-27-14-16)22-18-6-10-21-24(18)17-7-11-23(12-8-17)20(26)15-4-2-1-3-5-15/h6,10,15-17H,1-5,7-9,11-14H2,(H,22,25)/t16-/m0/s1. The number of hydrogen-bond acceptors (Lipinski definition) is 4. The number of nitrogens with zero attached hydrogens (tertiary/aromatic N) is 3. The van der Waals surface area contributed by atoms with E-state index in [2.05, 4.69) is 10.4 Å². The van der Waals surface area contributed by atoms with Crippen LogP contribution in [-0.4, -0.2) is 52.8 Å². The maximum Gasteiger partial charge on any atom is 0.231 e. The first-order chi connectivity index (χ1) is 13.2. The van der Waals surface area contributed by atoms with Crippen molar-refractivity contribution in [2.45, 2.75) is 57.4 Å². The molecule has 0 radical (unpaired) electrons. The molecule has 2 saturated heterocycles. The van der Waals surface area contributed by atoms with Crippen molar-refractivity contribution in [3.8, 4) is 0 Å². The van der Waals surface area contributed by atoms with E-state index in [-0.39, 0.29) is 23.8 Å². The van der Waals surface area contributed by atoms with Gasteiger partial charge in [-0.15, -0.1) is 0 Å². The highest BCUT2D eigenvalue weighted by Gasteiger charge is 2.31. The minimum absolute atomic E-state index is 0.0131. The number of carbonyl (C=O) groups excluding carboxylic acids is 2. The maximum atomic E-state index is 12.7.